The van der Waals surface area contributed by atoms with Gasteiger partial charge in [0.15, 0.2) is 0 Å². The van der Waals surface area contributed by atoms with Gasteiger partial charge in [0.2, 0.25) is 5.91 Å². The lowest BCUT2D eigenvalue weighted by atomic mass is 9.81. The third-order valence-corrected chi connectivity index (χ3v) is 4.30. The van der Waals surface area contributed by atoms with Crippen molar-refractivity contribution in [1.82, 2.24) is 19.9 Å². The number of likely N-dealkylation sites (tertiary alicyclic amines) is 1. The Labute approximate surface area is 129 Å². The summed E-state index contributed by atoms with van der Waals surface area (Å²) in [7, 11) is 0. The minimum atomic E-state index is 0.0148. The molecule has 1 fully saturated rings. The fourth-order valence-electron chi connectivity index (χ4n) is 3.09. The van der Waals surface area contributed by atoms with E-state index >= 15 is 0 Å². The van der Waals surface area contributed by atoms with Gasteiger partial charge in [-0.1, -0.05) is 13.5 Å². The largest absolute Gasteiger partial charge is 0.369 e. The van der Waals surface area contributed by atoms with Gasteiger partial charge < -0.3 is 15.2 Å². The molecule has 1 saturated heterocycles. The number of amides is 1. The van der Waals surface area contributed by atoms with E-state index in [0.717, 1.165) is 49.3 Å². The summed E-state index contributed by atoms with van der Waals surface area (Å²) in [4.78, 5) is 25.3. The normalized spacial score (nSPS) is 21.8. The Morgan fingerprint density at radius 2 is 2.45 bits per heavy atom. The van der Waals surface area contributed by atoms with Gasteiger partial charge in [0.1, 0.15) is 17.8 Å². The first-order chi connectivity index (χ1) is 10.6. The highest BCUT2D eigenvalue weighted by atomic mass is 16.2. The van der Waals surface area contributed by atoms with Crippen molar-refractivity contribution in [2.24, 2.45) is 5.41 Å². The molecule has 0 aliphatic carbocycles. The zero-order valence-corrected chi connectivity index (χ0v) is 12.8. The molecule has 0 saturated carbocycles. The van der Waals surface area contributed by atoms with Crippen LogP contribution in [0.25, 0.3) is 11.0 Å². The highest BCUT2D eigenvalue weighted by Crippen LogP contribution is 2.30. The first-order valence-electron chi connectivity index (χ1n) is 7.55. The molecule has 6 nitrogen and oxygen atoms in total. The first kappa shape index (κ1) is 14.6. The van der Waals surface area contributed by atoms with Crippen molar-refractivity contribution in [2.45, 2.75) is 19.8 Å². The molecule has 0 aromatic carbocycles. The standard InChI is InChI=1S/C16H21N5O/c1-3-13(22)21-8-4-6-16(2,10-21)9-18-15-12-5-7-17-14(12)19-11-20-15/h3,5,7,11H,1,4,6,8-10H2,2H3,(H2,17,18,19,20)/t16-/m1/s1. The van der Waals surface area contributed by atoms with Crippen LogP contribution in [0.4, 0.5) is 5.82 Å². The quantitative estimate of drug-likeness (QED) is 0.849. The van der Waals surface area contributed by atoms with Gasteiger partial charge >= 0.3 is 0 Å². The maximum atomic E-state index is 11.8. The molecule has 1 atom stereocenters. The predicted octanol–water partition coefficient (Wildman–Crippen LogP) is 2.18. The third kappa shape index (κ3) is 2.81. The fraction of sp³-hybridized carbons (Fsp3) is 0.438. The molecule has 22 heavy (non-hydrogen) atoms. The second-order valence-corrected chi connectivity index (χ2v) is 6.19. The lowest BCUT2D eigenvalue weighted by molar-refractivity contribution is -0.129. The number of hydrogen-bond acceptors (Lipinski definition) is 4. The topological polar surface area (TPSA) is 73.9 Å². The van der Waals surface area contributed by atoms with Crippen LogP contribution in [0.15, 0.2) is 31.2 Å². The molecule has 3 heterocycles. The van der Waals surface area contributed by atoms with Crippen molar-refractivity contribution < 1.29 is 4.79 Å². The number of carbonyl (C=O) groups excluding carboxylic acids is 1. The molecule has 1 aliphatic heterocycles. The molecule has 2 aromatic heterocycles. The number of anilines is 1. The summed E-state index contributed by atoms with van der Waals surface area (Å²) in [5.41, 5.74) is 0.861. The van der Waals surface area contributed by atoms with Crippen molar-refractivity contribution in [3.63, 3.8) is 0 Å². The summed E-state index contributed by atoms with van der Waals surface area (Å²) < 4.78 is 0. The summed E-state index contributed by atoms with van der Waals surface area (Å²) in [5.74, 6) is 0.848. The molecular formula is C16H21N5O. The van der Waals surface area contributed by atoms with Crippen LogP contribution >= 0.6 is 0 Å². The zero-order valence-electron chi connectivity index (χ0n) is 12.8. The van der Waals surface area contributed by atoms with Crippen LogP contribution in [0, 0.1) is 5.41 Å². The summed E-state index contributed by atoms with van der Waals surface area (Å²) in [6.07, 6.45) is 6.91. The molecule has 6 heteroatoms. The highest BCUT2D eigenvalue weighted by Gasteiger charge is 2.32. The average Bonchev–Trinajstić information content (AvgIpc) is 3.01. The van der Waals surface area contributed by atoms with E-state index in [1.54, 1.807) is 6.33 Å². The smallest absolute Gasteiger partial charge is 0.245 e. The average molecular weight is 299 g/mol. The number of aromatic amines is 1. The number of carbonyl (C=O) groups is 1. The molecule has 0 spiro atoms. The van der Waals surface area contributed by atoms with Gasteiger partial charge in [-0.2, -0.15) is 0 Å². The number of rotatable bonds is 4. The molecule has 2 aromatic rings. The van der Waals surface area contributed by atoms with Gasteiger partial charge in [-0.15, -0.1) is 0 Å². The van der Waals surface area contributed by atoms with Crippen LogP contribution < -0.4 is 5.32 Å². The number of fused-ring (bicyclic) bond motifs is 1. The predicted molar refractivity (Wildman–Crippen MR) is 86.5 cm³/mol. The third-order valence-electron chi connectivity index (χ3n) is 4.30. The molecule has 0 radical (unpaired) electrons. The van der Waals surface area contributed by atoms with Crippen molar-refractivity contribution in [3.05, 3.63) is 31.2 Å². The van der Waals surface area contributed by atoms with E-state index in [2.05, 4.69) is 33.8 Å². The Hall–Kier alpha value is -2.37. The van der Waals surface area contributed by atoms with Crippen LogP contribution in [0.5, 0.6) is 0 Å². The SMILES string of the molecule is C=CC(=O)N1CCC[C@](C)(CNc2ncnc3[nH]ccc23)C1. The van der Waals surface area contributed by atoms with Gasteiger partial charge in [0.25, 0.3) is 0 Å². The van der Waals surface area contributed by atoms with Gasteiger partial charge in [-0.25, -0.2) is 9.97 Å². The molecule has 0 bridgehead atoms. The van der Waals surface area contributed by atoms with Crippen molar-refractivity contribution in [2.75, 3.05) is 25.0 Å². The maximum Gasteiger partial charge on any atom is 0.245 e. The van der Waals surface area contributed by atoms with Crippen LogP contribution in [0.3, 0.4) is 0 Å². The van der Waals surface area contributed by atoms with Crippen LogP contribution in [-0.2, 0) is 4.79 Å². The number of aromatic nitrogens is 3. The van der Waals surface area contributed by atoms with E-state index in [1.165, 1.54) is 6.08 Å². The molecule has 3 rings (SSSR count). The van der Waals surface area contributed by atoms with E-state index < -0.39 is 0 Å². The Bertz CT molecular complexity index is 695. The number of piperidine rings is 1. The van der Waals surface area contributed by atoms with Crippen LogP contribution in [-0.4, -0.2) is 45.4 Å². The van der Waals surface area contributed by atoms with E-state index in [1.807, 2.05) is 17.2 Å². The molecule has 0 unspecified atom stereocenters. The van der Waals surface area contributed by atoms with Gasteiger partial charge in [-0.3, -0.25) is 4.79 Å². The second-order valence-electron chi connectivity index (χ2n) is 6.19. The molecular weight excluding hydrogens is 278 g/mol. The lowest BCUT2D eigenvalue weighted by Gasteiger charge is -2.40. The zero-order chi connectivity index (χ0) is 15.6. The lowest BCUT2D eigenvalue weighted by Crippen LogP contribution is -2.47. The van der Waals surface area contributed by atoms with Crippen molar-refractivity contribution >= 4 is 22.8 Å². The minimum absolute atomic E-state index is 0.0148. The summed E-state index contributed by atoms with van der Waals surface area (Å²) in [6, 6.07) is 1.97. The molecule has 1 aliphatic rings. The van der Waals surface area contributed by atoms with E-state index in [-0.39, 0.29) is 11.3 Å². The Morgan fingerprint density at radius 1 is 1.59 bits per heavy atom. The van der Waals surface area contributed by atoms with Gasteiger partial charge in [0, 0.05) is 31.2 Å². The molecule has 116 valence electrons. The Kier molecular flexibility index (Phi) is 3.83. The number of hydrogen-bond donors (Lipinski definition) is 2. The number of nitrogens with zero attached hydrogens (tertiary/aromatic N) is 3. The van der Waals surface area contributed by atoms with E-state index in [4.69, 9.17) is 0 Å². The van der Waals surface area contributed by atoms with Gasteiger partial charge in [-0.05, 0) is 25.0 Å². The molecule has 1 amide bonds. The van der Waals surface area contributed by atoms with Crippen LogP contribution in [0.1, 0.15) is 19.8 Å². The minimum Gasteiger partial charge on any atom is -0.369 e. The highest BCUT2D eigenvalue weighted by molar-refractivity contribution is 5.87. The number of nitrogens with one attached hydrogen (secondary N) is 2. The second kappa shape index (κ2) is 5.79. The van der Waals surface area contributed by atoms with Crippen molar-refractivity contribution in [3.8, 4) is 0 Å². The number of H-pyrrole nitrogens is 1. The summed E-state index contributed by atoms with van der Waals surface area (Å²) in [5, 5.41) is 4.41. The Balaban J connectivity index is 1.71. The van der Waals surface area contributed by atoms with E-state index in [0.29, 0.717) is 0 Å². The van der Waals surface area contributed by atoms with E-state index in [9.17, 15) is 4.79 Å². The fourth-order valence-corrected chi connectivity index (χ4v) is 3.09. The van der Waals surface area contributed by atoms with Crippen molar-refractivity contribution in [1.29, 1.82) is 0 Å². The van der Waals surface area contributed by atoms with Gasteiger partial charge in [0.05, 0.1) is 5.39 Å². The molecule has 2 N–H and O–H groups in total. The maximum absolute atomic E-state index is 11.8. The van der Waals surface area contributed by atoms with Crippen LogP contribution in [0.2, 0.25) is 0 Å². The first-order valence-corrected chi connectivity index (χ1v) is 7.55. The summed E-state index contributed by atoms with van der Waals surface area (Å²) in [6.45, 7) is 8.11. The monoisotopic (exact) mass is 299 g/mol. The summed E-state index contributed by atoms with van der Waals surface area (Å²) >= 11 is 0. The Morgan fingerprint density at radius 3 is 3.27 bits per heavy atom.